The number of carboxylic acid groups (broad SMARTS) is 1. The molecular weight excluding hydrogens is 514 g/mol. The van der Waals surface area contributed by atoms with Crippen molar-refractivity contribution in [2.24, 2.45) is 11.8 Å². The highest BCUT2D eigenvalue weighted by molar-refractivity contribution is 5.74. The average Bonchev–Trinajstić information content (AvgIpc) is 2.85. The van der Waals surface area contributed by atoms with E-state index >= 15 is 0 Å². The van der Waals surface area contributed by atoms with E-state index in [2.05, 4.69) is 5.32 Å². The lowest BCUT2D eigenvalue weighted by Gasteiger charge is -2.19. The van der Waals surface area contributed by atoms with Crippen molar-refractivity contribution < 1.29 is 52.7 Å². The first-order chi connectivity index (χ1) is 18.4. The summed E-state index contributed by atoms with van der Waals surface area (Å²) in [5.41, 5.74) is 0.456. The van der Waals surface area contributed by atoms with E-state index in [0.29, 0.717) is 12.0 Å². The smallest absolute Gasteiger partial charge is 0.480 e. The van der Waals surface area contributed by atoms with Gasteiger partial charge in [0.2, 0.25) is 0 Å². The van der Waals surface area contributed by atoms with Gasteiger partial charge in [-0.05, 0) is 49.3 Å². The van der Waals surface area contributed by atoms with Crippen LogP contribution in [0.25, 0.3) is 0 Å². The molecule has 0 bridgehead atoms. The van der Waals surface area contributed by atoms with Gasteiger partial charge in [0.15, 0.2) is 11.5 Å². The van der Waals surface area contributed by atoms with E-state index in [4.69, 9.17) is 28.4 Å². The summed E-state index contributed by atoms with van der Waals surface area (Å²) in [6.45, 7) is 11.5. The zero-order valence-electron chi connectivity index (χ0n) is 23.5. The molecule has 0 fully saturated rings. The highest BCUT2D eigenvalue weighted by atomic mass is 16.7. The summed E-state index contributed by atoms with van der Waals surface area (Å²) in [4.78, 5) is 47.8. The van der Waals surface area contributed by atoms with E-state index in [-0.39, 0.29) is 56.1 Å². The van der Waals surface area contributed by atoms with Crippen LogP contribution in [0.1, 0.15) is 59.9 Å². The highest BCUT2D eigenvalue weighted by Crippen LogP contribution is 2.30. The molecule has 1 aromatic carbocycles. The van der Waals surface area contributed by atoms with Crippen LogP contribution in [0.2, 0.25) is 0 Å². The Morgan fingerprint density at radius 3 is 1.97 bits per heavy atom. The first kappa shape index (κ1) is 33.5. The second-order valence-corrected chi connectivity index (χ2v) is 9.78. The van der Waals surface area contributed by atoms with Gasteiger partial charge in [-0.15, -0.1) is 0 Å². The van der Waals surface area contributed by atoms with Crippen LogP contribution in [-0.2, 0) is 30.2 Å². The van der Waals surface area contributed by atoms with E-state index in [9.17, 15) is 24.3 Å². The Morgan fingerprint density at radius 2 is 1.44 bits per heavy atom. The predicted octanol–water partition coefficient (Wildman–Crippen LogP) is 4.96. The number of carboxylic acids is 1. The Labute approximate surface area is 229 Å². The van der Waals surface area contributed by atoms with Crippen molar-refractivity contribution in [3.8, 4) is 11.5 Å². The number of benzene rings is 1. The molecule has 2 N–H and O–H groups in total. The maximum absolute atomic E-state index is 12.2. The lowest BCUT2D eigenvalue weighted by atomic mass is 10.0. The normalized spacial score (nSPS) is 12.4. The van der Waals surface area contributed by atoms with Gasteiger partial charge in [-0.1, -0.05) is 47.1 Å². The van der Waals surface area contributed by atoms with E-state index < -0.39 is 36.6 Å². The van der Waals surface area contributed by atoms with Gasteiger partial charge in [-0.2, -0.15) is 0 Å². The molecule has 0 aliphatic rings. The second-order valence-electron chi connectivity index (χ2n) is 9.78. The second kappa shape index (κ2) is 17.9. The van der Waals surface area contributed by atoms with Crippen molar-refractivity contribution in [1.82, 2.24) is 5.32 Å². The topological polar surface area (TPSA) is 156 Å². The number of hydrogen-bond donors (Lipinski definition) is 2. The first-order valence-corrected chi connectivity index (χ1v) is 13.0. The van der Waals surface area contributed by atoms with Crippen LogP contribution in [0.15, 0.2) is 18.2 Å². The summed E-state index contributed by atoms with van der Waals surface area (Å²) in [7, 11) is 0. The standard InChI is InChI=1S/C27H41NO11/c1-7-8-11-34-25(31)37-19(6)14-28-21(24(29)30)12-20-9-10-22(38-26(32)35-15-17(2)3)23(13-20)39-27(33)36-16-18(4)5/h9-10,13,17-19,21,28H,7-8,11-12,14-16H2,1-6H3,(H,29,30)/t19?,21-/m0/s1. The zero-order chi connectivity index (χ0) is 29.4. The molecular formula is C27H41NO11. The molecule has 0 saturated heterocycles. The van der Waals surface area contributed by atoms with Gasteiger partial charge in [-0.25, -0.2) is 14.4 Å². The van der Waals surface area contributed by atoms with Crippen molar-refractivity contribution in [2.45, 2.75) is 73.0 Å². The lowest BCUT2D eigenvalue weighted by Crippen LogP contribution is -2.42. The summed E-state index contributed by atoms with van der Waals surface area (Å²) in [5, 5.41) is 12.5. The molecule has 0 spiro atoms. The van der Waals surface area contributed by atoms with Gasteiger partial charge in [0, 0.05) is 6.54 Å². The number of rotatable bonds is 16. The molecule has 1 aromatic rings. The average molecular weight is 556 g/mol. The minimum Gasteiger partial charge on any atom is -0.480 e. The maximum Gasteiger partial charge on any atom is 0.513 e. The molecule has 1 unspecified atom stereocenters. The summed E-state index contributed by atoms with van der Waals surface area (Å²) in [6.07, 6.45) is -1.91. The SMILES string of the molecule is CCCCOC(=O)OC(C)CN[C@@H](Cc1ccc(OC(=O)OCC(C)C)c(OC(=O)OCC(C)C)c1)C(=O)O. The number of hydrogen-bond acceptors (Lipinski definition) is 11. The van der Waals surface area contributed by atoms with E-state index in [1.807, 2.05) is 34.6 Å². The fourth-order valence-electron chi connectivity index (χ4n) is 2.88. The Bertz CT molecular complexity index is 932. The van der Waals surface area contributed by atoms with Crippen LogP contribution >= 0.6 is 0 Å². The molecule has 0 radical (unpaired) electrons. The van der Waals surface area contributed by atoms with Gasteiger partial charge in [0.05, 0.1) is 19.8 Å². The third-order valence-electron chi connectivity index (χ3n) is 4.87. The monoisotopic (exact) mass is 555 g/mol. The summed E-state index contributed by atoms with van der Waals surface area (Å²) in [6, 6.07) is 3.20. The van der Waals surface area contributed by atoms with Crippen LogP contribution in [0, 0.1) is 11.8 Å². The third-order valence-corrected chi connectivity index (χ3v) is 4.87. The van der Waals surface area contributed by atoms with Gasteiger partial charge in [0.1, 0.15) is 12.1 Å². The zero-order valence-corrected chi connectivity index (χ0v) is 23.5. The molecule has 0 aliphatic heterocycles. The van der Waals surface area contributed by atoms with Crippen molar-refractivity contribution in [3.63, 3.8) is 0 Å². The van der Waals surface area contributed by atoms with Crippen molar-refractivity contribution >= 4 is 24.4 Å². The summed E-state index contributed by atoms with van der Waals surface area (Å²) < 4.78 is 30.6. The number of nitrogens with one attached hydrogen (secondary N) is 1. The van der Waals surface area contributed by atoms with E-state index in [0.717, 1.165) is 6.42 Å². The molecule has 2 atom stereocenters. The van der Waals surface area contributed by atoms with Crippen LogP contribution in [0.4, 0.5) is 14.4 Å². The van der Waals surface area contributed by atoms with Gasteiger partial charge < -0.3 is 38.8 Å². The molecule has 220 valence electrons. The number of carbonyl (C=O) groups is 4. The van der Waals surface area contributed by atoms with Gasteiger partial charge >= 0.3 is 24.4 Å². The Kier molecular flexibility index (Phi) is 15.3. The number of carbonyl (C=O) groups excluding carboxylic acids is 3. The van der Waals surface area contributed by atoms with Crippen LogP contribution in [-0.4, -0.2) is 68.1 Å². The number of unbranched alkanes of at least 4 members (excludes halogenated alkanes) is 1. The molecule has 0 aromatic heterocycles. The molecule has 1 rings (SSSR count). The fourth-order valence-corrected chi connectivity index (χ4v) is 2.88. The Hall–Kier alpha value is -3.54. The third kappa shape index (κ3) is 14.8. The fraction of sp³-hybridized carbons (Fsp3) is 0.630. The largest absolute Gasteiger partial charge is 0.513 e. The summed E-state index contributed by atoms with van der Waals surface area (Å²) >= 11 is 0. The Morgan fingerprint density at radius 1 is 0.846 bits per heavy atom. The molecule has 0 amide bonds. The number of ether oxygens (including phenoxy) is 6. The van der Waals surface area contributed by atoms with Crippen molar-refractivity contribution in [2.75, 3.05) is 26.4 Å². The lowest BCUT2D eigenvalue weighted by molar-refractivity contribution is -0.139. The molecule has 12 nitrogen and oxygen atoms in total. The minimum atomic E-state index is -1.15. The van der Waals surface area contributed by atoms with Crippen molar-refractivity contribution in [3.05, 3.63) is 23.8 Å². The van der Waals surface area contributed by atoms with Gasteiger partial charge in [-0.3, -0.25) is 4.79 Å². The maximum atomic E-state index is 12.2. The highest BCUT2D eigenvalue weighted by Gasteiger charge is 2.22. The minimum absolute atomic E-state index is 0.0293. The number of aliphatic carboxylic acids is 1. The predicted molar refractivity (Wildman–Crippen MR) is 140 cm³/mol. The van der Waals surface area contributed by atoms with Crippen LogP contribution < -0.4 is 14.8 Å². The Balaban J connectivity index is 2.93. The first-order valence-electron chi connectivity index (χ1n) is 13.0. The van der Waals surface area contributed by atoms with Crippen LogP contribution in [0.3, 0.4) is 0 Å². The molecule has 0 saturated carbocycles. The molecule has 0 heterocycles. The molecule has 12 heteroatoms. The van der Waals surface area contributed by atoms with Gasteiger partial charge in [0.25, 0.3) is 0 Å². The van der Waals surface area contributed by atoms with Crippen LogP contribution in [0.5, 0.6) is 11.5 Å². The quantitative estimate of drug-likeness (QED) is 0.123. The van der Waals surface area contributed by atoms with E-state index in [1.54, 1.807) is 6.92 Å². The molecule has 0 aliphatic carbocycles. The summed E-state index contributed by atoms with van der Waals surface area (Å²) in [5.74, 6) is -1.24. The van der Waals surface area contributed by atoms with E-state index in [1.165, 1.54) is 18.2 Å². The van der Waals surface area contributed by atoms with Crippen molar-refractivity contribution in [1.29, 1.82) is 0 Å². The molecule has 39 heavy (non-hydrogen) atoms.